The Hall–Kier alpha value is -0.570. The molecule has 0 heterocycles. The second-order valence-electron chi connectivity index (χ2n) is 4.12. The smallest absolute Gasteiger partial charge is 0.332 e. The predicted molar refractivity (Wildman–Crippen MR) is 56.2 cm³/mol. The fraction of sp³-hybridized carbons (Fsp3) is 0.909. The van der Waals surface area contributed by atoms with Gasteiger partial charge in [-0.2, -0.15) is 0 Å². The minimum atomic E-state index is -0.356. The summed E-state index contributed by atoms with van der Waals surface area (Å²) in [4.78, 5) is 11.1. The van der Waals surface area contributed by atoms with E-state index in [1.807, 2.05) is 13.8 Å². The molecule has 0 saturated heterocycles. The molecule has 0 aliphatic rings. The van der Waals surface area contributed by atoms with E-state index in [2.05, 4.69) is 6.92 Å². The van der Waals surface area contributed by atoms with Crippen molar-refractivity contribution in [2.75, 3.05) is 13.7 Å². The Morgan fingerprint density at radius 1 is 1.29 bits per heavy atom. The number of carbonyl (C=O) groups is 1. The molecule has 84 valence electrons. The van der Waals surface area contributed by atoms with Gasteiger partial charge in [-0.3, -0.25) is 0 Å². The van der Waals surface area contributed by atoms with Crippen LogP contribution in [0.2, 0.25) is 0 Å². The first kappa shape index (κ1) is 13.4. The van der Waals surface area contributed by atoms with Crippen molar-refractivity contribution in [3.8, 4) is 0 Å². The lowest BCUT2D eigenvalue weighted by Gasteiger charge is -2.24. The van der Waals surface area contributed by atoms with Crippen molar-refractivity contribution in [3.05, 3.63) is 0 Å². The maximum absolute atomic E-state index is 11.1. The van der Waals surface area contributed by atoms with Gasteiger partial charge >= 0.3 is 5.97 Å². The molecule has 0 aliphatic heterocycles. The summed E-state index contributed by atoms with van der Waals surface area (Å²) in [5, 5.41) is 0. The van der Waals surface area contributed by atoms with Crippen LogP contribution in [-0.2, 0) is 14.3 Å². The first-order valence-corrected chi connectivity index (χ1v) is 5.22. The van der Waals surface area contributed by atoms with Crippen molar-refractivity contribution in [1.29, 1.82) is 0 Å². The molecule has 0 spiro atoms. The summed E-state index contributed by atoms with van der Waals surface area (Å²) in [5.74, 6) is -0.283. The lowest BCUT2D eigenvalue weighted by atomic mass is 10.0. The summed E-state index contributed by atoms with van der Waals surface area (Å²) in [6.07, 6.45) is 4.38. The molecule has 3 heteroatoms. The highest BCUT2D eigenvalue weighted by atomic mass is 16.6. The maximum Gasteiger partial charge on any atom is 0.332 e. The van der Waals surface area contributed by atoms with Crippen molar-refractivity contribution >= 4 is 5.97 Å². The van der Waals surface area contributed by atoms with Gasteiger partial charge in [-0.1, -0.05) is 19.8 Å². The van der Waals surface area contributed by atoms with Crippen LogP contribution in [0.4, 0.5) is 0 Å². The number of ether oxygens (including phenoxy) is 2. The second kappa shape index (κ2) is 6.82. The van der Waals surface area contributed by atoms with E-state index in [0.29, 0.717) is 0 Å². The quantitative estimate of drug-likeness (QED) is 0.470. The van der Waals surface area contributed by atoms with Crippen LogP contribution < -0.4 is 0 Å². The molecule has 0 aromatic carbocycles. The molecule has 0 N–H and O–H groups in total. The number of rotatable bonds is 7. The standard InChI is InChI=1S/C11H22O3/c1-5-6-7-8-11(2,3)14-10(12)9-13-4/h5-9H2,1-4H3. The third-order valence-electron chi connectivity index (χ3n) is 2.03. The number of carbonyl (C=O) groups excluding carboxylic acids is 1. The number of hydrogen-bond acceptors (Lipinski definition) is 3. The zero-order chi connectivity index (χ0) is 11.0. The lowest BCUT2D eigenvalue weighted by Crippen LogP contribution is -2.29. The van der Waals surface area contributed by atoms with Crippen LogP contribution >= 0.6 is 0 Å². The SMILES string of the molecule is CCCCCC(C)(C)OC(=O)COC. The third-order valence-corrected chi connectivity index (χ3v) is 2.03. The van der Waals surface area contributed by atoms with Gasteiger partial charge < -0.3 is 9.47 Å². The Labute approximate surface area is 86.8 Å². The molecule has 3 nitrogen and oxygen atoms in total. The average molecular weight is 202 g/mol. The van der Waals surface area contributed by atoms with Crippen LogP contribution in [0.3, 0.4) is 0 Å². The van der Waals surface area contributed by atoms with E-state index in [1.165, 1.54) is 20.0 Å². The van der Waals surface area contributed by atoms with E-state index in [1.54, 1.807) is 0 Å². The molecule has 0 atom stereocenters. The molecule has 0 aliphatic carbocycles. The number of unbranched alkanes of at least 4 members (excludes halogenated alkanes) is 2. The predicted octanol–water partition coefficient (Wildman–Crippen LogP) is 2.53. The van der Waals surface area contributed by atoms with E-state index in [4.69, 9.17) is 9.47 Å². The molecule has 0 amide bonds. The normalized spacial score (nSPS) is 11.4. The zero-order valence-electron chi connectivity index (χ0n) is 9.76. The Bertz CT molecular complexity index is 164. The van der Waals surface area contributed by atoms with Gasteiger partial charge in [-0.15, -0.1) is 0 Å². The molecule has 0 radical (unpaired) electrons. The van der Waals surface area contributed by atoms with Crippen molar-refractivity contribution in [2.45, 2.75) is 52.1 Å². The van der Waals surface area contributed by atoms with E-state index >= 15 is 0 Å². The minimum absolute atomic E-state index is 0.0389. The summed E-state index contributed by atoms with van der Waals surface area (Å²) < 4.78 is 9.96. The molecule has 0 aromatic heterocycles. The van der Waals surface area contributed by atoms with Gasteiger partial charge in [0.05, 0.1) is 0 Å². The monoisotopic (exact) mass is 202 g/mol. The van der Waals surface area contributed by atoms with Gasteiger partial charge in [-0.05, 0) is 26.7 Å². The minimum Gasteiger partial charge on any atom is -0.458 e. The Kier molecular flexibility index (Phi) is 6.54. The van der Waals surface area contributed by atoms with Crippen molar-refractivity contribution < 1.29 is 14.3 Å². The molecule has 0 rings (SSSR count). The summed E-state index contributed by atoms with van der Waals surface area (Å²) >= 11 is 0. The Morgan fingerprint density at radius 2 is 1.93 bits per heavy atom. The first-order chi connectivity index (χ1) is 6.52. The van der Waals surface area contributed by atoms with Crippen molar-refractivity contribution in [2.24, 2.45) is 0 Å². The van der Waals surface area contributed by atoms with E-state index in [9.17, 15) is 4.79 Å². The van der Waals surface area contributed by atoms with E-state index < -0.39 is 0 Å². The number of esters is 1. The van der Waals surface area contributed by atoms with Crippen LogP contribution in [0.25, 0.3) is 0 Å². The highest BCUT2D eigenvalue weighted by Crippen LogP contribution is 2.18. The number of methoxy groups -OCH3 is 1. The second-order valence-corrected chi connectivity index (χ2v) is 4.12. The van der Waals surface area contributed by atoms with Gasteiger partial charge in [0.15, 0.2) is 0 Å². The van der Waals surface area contributed by atoms with Crippen LogP contribution in [0.15, 0.2) is 0 Å². The van der Waals surface area contributed by atoms with Gasteiger partial charge in [0.1, 0.15) is 12.2 Å². The Balaban J connectivity index is 3.75. The molecule has 0 aromatic rings. The van der Waals surface area contributed by atoms with Crippen LogP contribution in [0.5, 0.6) is 0 Å². The average Bonchev–Trinajstić information content (AvgIpc) is 2.03. The van der Waals surface area contributed by atoms with Gasteiger partial charge in [0.2, 0.25) is 0 Å². The maximum atomic E-state index is 11.1. The first-order valence-electron chi connectivity index (χ1n) is 5.22. The molecule has 14 heavy (non-hydrogen) atoms. The largest absolute Gasteiger partial charge is 0.458 e. The molecular weight excluding hydrogens is 180 g/mol. The fourth-order valence-corrected chi connectivity index (χ4v) is 1.31. The van der Waals surface area contributed by atoms with E-state index in [-0.39, 0.29) is 18.2 Å². The summed E-state index contributed by atoms with van der Waals surface area (Å²) in [6.45, 7) is 6.08. The zero-order valence-corrected chi connectivity index (χ0v) is 9.76. The van der Waals surface area contributed by atoms with Crippen LogP contribution in [0.1, 0.15) is 46.5 Å². The molecule has 0 unspecified atom stereocenters. The third kappa shape index (κ3) is 6.89. The van der Waals surface area contributed by atoms with Crippen molar-refractivity contribution in [1.82, 2.24) is 0 Å². The Morgan fingerprint density at radius 3 is 2.43 bits per heavy atom. The van der Waals surface area contributed by atoms with Gasteiger partial charge in [-0.25, -0.2) is 4.79 Å². The van der Waals surface area contributed by atoms with Gasteiger partial charge in [0.25, 0.3) is 0 Å². The van der Waals surface area contributed by atoms with E-state index in [0.717, 1.165) is 12.8 Å². The summed E-state index contributed by atoms with van der Waals surface area (Å²) in [5.41, 5.74) is -0.356. The summed E-state index contributed by atoms with van der Waals surface area (Å²) in [7, 11) is 1.49. The van der Waals surface area contributed by atoms with Crippen molar-refractivity contribution in [3.63, 3.8) is 0 Å². The number of hydrogen-bond donors (Lipinski definition) is 0. The fourth-order valence-electron chi connectivity index (χ4n) is 1.31. The molecule has 0 bridgehead atoms. The topological polar surface area (TPSA) is 35.5 Å². The highest BCUT2D eigenvalue weighted by molar-refractivity contribution is 5.71. The molecular formula is C11H22O3. The molecule has 0 saturated carbocycles. The summed E-state index contributed by atoms with van der Waals surface area (Å²) in [6, 6.07) is 0. The molecule has 0 fully saturated rings. The van der Waals surface area contributed by atoms with Crippen LogP contribution in [-0.4, -0.2) is 25.3 Å². The lowest BCUT2D eigenvalue weighted by molar-refractivity contribution is -0.161. The van der Waals surface area contributed by atoms with Gasteiger partial charge in [0, 0.05) is 7.11 Å². The van der Waals surface area contributed by atoms with Crippen LogP contribution in [0, 0.1) is 0 Å². The highest BCUT2D eigenvalue weighted by Gasteiger charge is 2.21.